The summed E-state index contributed by atoms with van der Waals surface area (Å²) < 4.78 is 6.47. The maximum atomic E-state index is 12.2. The first-order chi connectivity index (χ1) is 10.5. The largest absolute Gasteiger partial charge is 0.378 e. The topological polar surface area (TPSA) is 80.6 Å². The number of nitrogens with one attached hydrogen (secondary N) is 1. The number of amides is 2. The van der Waals surface area contributed by atoms with E-state index in [0.29, 0.717) is 31.9 Å². The van der Waals surface area contributed by atoms with Crippen LogP contribution in [0.15, 0.2) is 23.1 Å². The molecule has 0 atom stereocenters. The molecule has 0 radical (unpaired) electrons. The molecule has 2 amide bonds. The number of hydrogen-bond donors (Lipinski definition) is 1. The zero-order chi connectivity index (χ0) is 16.1. The Morgan fingerprint density at radius 3 is 2.59 bits per heavy atom. The first kappa shape index (κ1) is 16.2. The lowest BCUT2D eigenvalue weighted by molar-refractivity contribution is -0.135. The van der Waals surface area contributed by atoms with Crippen molar-refractivity contribution in [3.8, 4) is 0 Å². The minimum Gasteiger partial charge on any atom is -0.378 e. The number of aromatic nitrogens is 1. The van der Waals surface area contributed by atoms with Crippen LogP contribution in [-0.2, 0) is 16.1 Å². The van der Waals surface area contributed by atoms with E-state index in [4.69, 9.17) is 4.74 Å². The summed E-state index contributed by atoms with van der Waals surface area (Å²) in [7, 11) is 0. The van der Waals surface area contributed by atoms with Crippen molar-refractivity contribution in [3.63, 3.8) is 0 Å². The summed E-state index contributed by atoms with van der Waals surface area (Å²) in [5, 5.41) is 2.76. The Hall–Kier alpha value is -2.15. The Labute approximate surface area is 128 Å². The van der Waals surface area contributed by atoms with Gasteiger partial charge in [0, 0.05) is 31.4 Å². The predicted molar refractivity (Wildman–Crippen MR) is 80.7 cm³/mol. The summed E-state index contributed by atoms with van der Waals surface area (Å²) in [6.07, 6.45) is 1.43. The zero-order valence-corrected chi connectivity index (χ0v) is 12.9. The second-order valence-corrected chi connectivity index (χ2v) is 5.51. The number of morpholine rings is 1. The summed E-state index contributed by atoms with van der Waals surface area (Å²) in [5.41, 5.74) is 0.0609. The first-order valence-corrected chi connectivity index (χ1v) is 7.34. The molecule has 0 aliphatic carbocycles. The maximum absolute atomic E-state index is 12.2. The number of ether oxygens (including phenoxy) is 1. The highest BCUT2D eigenvalue weighted by atomic mass is 16.5. The fourth-order valence-electron chi connectivity index (χ4n) is 2.19. The normalized spacial score (nSPS) is 15.0. The van der Waals surface area contributed by atoms with Gasteiger partial charge >= 0.3 is 0 Å². The lowest BCUT2D eigenvalue weighted by atomic mass is 10.2. The molecule has 22 heavy (non-hydrogen) atoms. The van der Waals surface area contributed by atoms with Gasteiger partial charge < -0.3 is 19.5 Å². The van der Waals surface area contributed by atoms with Crippen molar-refractivity contribution in [1.29, 1.82) is 0 Å². The third kappa shape index (κ3) is 4.17. The molecule has 2 heterocycles. The van der Waals surface area contributed by atoms with E-state index in [9.17, 15) is 14.4 Å². The van der Waals surface area contributed by atoms with Crippen molar-refractivity contribution in [2.24, 2.45) is 0 Å². The smallest absolute Gasteiger partial charge is 0.252 e. The number of pyridine rings is 1. The maximum Gasteiger partial charge on any atom is 0.252 e. The second-order valence-electron chi connectivity index (χ2n) is 5.51. The lowest BCUT2D eigenvalue weighted by Crippen LogP contribution is -2.43. The highest BCUT2D eigenvalue weighted by Crippen LogP contribution is 2.01. The molecule has 1 aliphatic heterocycles. The molecule has 2 rings (SSSR count). The fraction of sp³-hybridized carbons (Fsp3) is 0.533. The SMILES string of the molecule is CC(C)NC(=O)c1ccc(=O)n(CC(=O)N2CCOCC2)c1. The molecular weight excluding hydrogens is 286 g/mol. The number of nitrogens with zero attached hydrogens (tertiary/aromatic N) is 2. The molecule has 0 aromatic carbocycles. The molecule has 1 fully saturated rings. The minimum atomic E-state index is -0.303. The first-order valence-electron chi connectivity index (χ1n) is 7.34. The molecule has 0 spiro atoms. The van der Waals surface area contributed by atoms with Crippen LogP contribution >= 0.6 is 0 Å². The van der Waals surface area contributed by atoms with Crippen LogP contribution in [0.1, 0.15) is 24.2 Å². The average molecular weight is 307 g/mol. The summed E-state index contributed by atoms with van der Waals surface area (Å²) in [6.45, 7) is 5.73. The number of hydrogen-bond acceptors (Lipinski definition) is 4. The van der Waals surface area contributed by atoms with Crippen molar-refractivity contribution in [1.82, 2.24) is 14.8 Å². The van der Waals surface area contributed by atoms with Crippen LogP contribution in [0.25, 0.3) is 0 Å². The van der Waals surface area contributed by atoms with Crippen molar-refractivity contribution < 1.29 is 14.3 Å². The van der Waals surface area contributed by atoms with Crippen LogP contribution in [0.4, 0.5) is 0 Å². The van der Waals surface area contributed by atoms with Gasteiger partial charge in [-0.15, -0.1) is 0 Å². The van der Waals surface area contributed by atoms with E-state index in [1.165, 1.54) is 22.9 Å². The predicted octanol–water partition coefficient (Wildman–Crippen LogP) is -0.155. The fourth-order valence-corrected chi connectivity index (χ4v) is 2.19. The number of carbonyl (C=O) groups excluding carboxylic acids is 2. The van der Waals surface area contributed by atoms with Gasteiger partial charge in [-0.1, -0.05) is 0 Å². The summed E-state index contributed by atoms with van der Waals surface area (Å²) in [5.74, 6) is -0.408. The molecule has 120 valence electrons. The standard InChI is InChI=1S/C15H21N3O4/c1-11(2)16-15(21)12-3-4-13(19)18(9-12)10-14(20)17-5-7-22-8-6-17/h3-4,9,11H,5-8,10H2,1-2H3,(H,16,21). The molecule has 0 bridgehead atoms. The Morgan fingerprint density at radius 1 is 1.27 bits per heavy atom. The van der Waals surface area contributed by atoms with Gasteiger partial charge in [-0.3, -0.25) is 14.4 Å². The molecule has 1 aliphatic rings. The van der Waals surface area contributed by atoms with Crippen LogP contribution in [0.5, 0.6) is 0 Å². The van der Waals surface area contributed by atoms with Crippen LogP contribution in [0.2, 0.25) is 0 Å². The molecular formula is C15H21N3O4. The van der Waals surface area contributed by atoms with E-state index < -0.39 is 0 Å². The van der Waals surface area contributed by atoms with E-state index >= 15 is 0 Å². The van der Waals surface area contributed by atoms with Gasteiger partial charge in [0.2, 0.25) is 5.91 Å². The lowest BCUT2D eigenvalue weighted by Gasteiger charge is -2.27. The Morgan fingerprint density at radius 2 is 1.95 bits per heavy atom. The van der Waals surface area contributed by atoms with E-state index in [-0.39, 0.29) is 30.0 Å². The van der Waals surface area contributed by atoms with E-state index in [0.717, 1.165) is 0 Å². The van der Waals surface area contributed by atoms with Crippen LogP contribution in [0.3, 0.4) is 0 Å². The van der Waals surface area contributed by atoms with E-state index in [1.54, 1.807) is 4.90 Å². The summed E-state index contributed by atoms with van der Waals surface area (Å²) in [4.78, 5) is 37.7. The Balaban J connectivity index is 2.11. The zero-order valence-electron chi connectivity index (χ0n) is 12.9. The summed E-state index contributed by atoms with van der Waals surface area (Å²) >= 11 is 0. The Kier molecular flexibility index (Phi) is 5.32. The third-order valence-corrected chi connectivity index (χ3v) is 3.33. The average Bonchev–Trinajstić information content (AvgIpc) is 2.49. The van der Waals surface area contributed by atoms with Gasteiger partial charge in [-0.25, -0.2) is 0 Å². The quantitative estimate of drug-likeness (QED) is 0.838. The van der Waals surface area contributed by atoms with E-state index in [2.05, 4.69) is 5.32 Å². The van der Waals surface area contributed by atoms with Crippen LogP contribution in [-0.4, -0.2) is 53.6 Å². The highest BCUT2D eigenvalue weighted by Gasteiger charge is 2.18. The van der Waals surface area contributed by atoms with Crippen LogP contribution in [0, 0.1) is 0 Å². The van der Waals surface area contributed by atoms with Gasteiger partial charge in [0.05, 0.1) is 18.8 Å². The van der Waals surface area contributed by atoms with E-state index in [1.807, 2.05) is 13.8 Å². The van der Waals surface area contributed by atoms with Gasteiger partial charge in [0.25, 0.3) is 11.5 Å². The molecule has 1 aromatic heterocycles. The van der Waals surface area contributed by atoms with Gasteiger partial charge in [-0.05, 0) is 19.9 Å². The van der Waals surface area contributed by atoms with Crippen molar-refractivity contribution in [2.75, 3.05) is 26.3 Å². The monoisotopic (exact) mass is 307 g/mol. The van der Waals surface area contributed by atoms with Crippen LogP contribution < -0.4 is 10.9 Å². The third-order valence-electron chi connectivity index (χ3n) is 3.33. The molecule has 1 saturated heterocycles. The summed E-state index contributed by atoms with van der Waals surface area (Å²) in [6, 6.07) is 2.78. The molecule has 0 unspecified atom stereocenters. The Bertz CT molecular complexity index is 603. The second kappa shape index (κ2) is 7.22. The van der Waals surface area contributed by atoms with Crippen molar-refractivity contribution >= 4 is 11.8 Å². The van der Waals surface area contributed by atoms with Gasteiger partial charge in [-0.2, -0.15) is 0 Å². The minimum absolute atomic E-state index is 0.00265. The molecule has 7 heteroatoms. The molecule has 1 aromatic rings. The molecule has 1 N–H and O–H groups in total. The highest BCUT2D eigenvalue weighted by molar-refractivity contribution is 5.94. The number of rotatable bonds is 4. The molecule has 0 saturated carbocycles. The number of carbonyl (C=O) groups is 2. The van der Waals surface area contributed by atoms with Crippen molar-refractivity contribution in [3.05, 3.63) is 34.2 Å². The van der Waals surface area contributed by atoms with Crippen molar-refractivity contribution in [2.45, 2.75) is 26.4 Å². The molecule has 7 nitrogen and oxygen atoms in total. The van der Waals surface area contributed by atoms with Gasteiger partial charge in [0.15, 0.2) is 0 Å². The van der Waals surface area contributed by atoms with Gasteiger partial charge in [0.1, 0.15) is 6.54 Å².